The van der Waals surface area contributed by atoms with Gasteiger partial charge in [-0.1, -0.05) is 0 Å². The highest BCUT2D eigenvalue weighted by atomic mass is 16.5. The van der Waals surface area contributed by atoms with Gasteiger partial charge in [0.2, 0.25) is 0 Å². The molecule has 0 radical (unpaired) electrons. The summed E-state index contributed by atoms with van der Waals surface area (Å²) in [6.45, 7) is 4.24. The third kappa shape index (κ3) is 3.76. The van der Waals surface area contributed by atoms with Crippen LogP contribution in [0.15, 0.2) is 48.7 Å². The Morgan fingerprint density at radius 2 is 1.77 bits per heavy atom. The molecule has 1 fully saturated rings. The monoisotopic (exact) mass is 407 g/mol. The molecule has 1 saturated heterocycles. The van der Waals surface area contributed by atoms with Crippen LogP contribution in [0.5, 0.6) is 5.75 Å². The zero-order chi connectivity index (χ0) is 21.3. The van der Waals surface area contributed by atoms with Gasteiger partial charge >= 0.3 is 5.97 Å². The summed E-state index contributed by atoms with van der Waals surface area (Å²) >= 11 is 0. The summed E-state index contributed by atoms with van der Waals surface area (Å²) in [5.74, 6) is -0.115. The van der Waals surface area contributed by atoms with E-state index in [1.165, 1.54) is 0 Å². The van der Waals surface area contributed by atoms with E-state index in [0.29, 0.717) is 24.4 Å². The Labute approximate surface area is 174 Å². The lowest BCUT2D eigenvalue weighted by atomic mass is 10.0. The van der Waals surface area contributed by atoms with Gasteiger partial charge in [-0.05, 0) is 49.4 Å². The Hall–Kier alpha value is -3.32. The number of fused-ring (bicyclic) bond motifs is 1. The molecule has 1 atom stereocenters. The number of benzene rings is 2. The number of hydrogen-bond acceptors (Lipinski definition) is 5. The molecular weight excluding hydrogens is 382 g/mol. The maximum Gasteiger partial charge on any atom is 0.325 e. The fourth-order valence-electron chi connectivity index (χ4n) is 4.11. The molecule has 2 N–H and O–H groups in total. The van der Waals surface area contributed by atoms with Crippen molar-refractivity contribution in [2.75, 3.05) is 38.2 Å². The van der Waals surface area contributed by atoms with Gasteiger partial charge in [-0.25, -0.2) is 0 Å². The van der Waals surface area contributed by atoms with Gasteiger partial charge in [0.05, 0.1) is 7.11 Å². The molecule has 1 aromatic heterocycles. The van der Waals surface area contributed by atoms with Crippen LogP contribution in [0.4, 0.5) is 5.69 Å². The molecule has 0 aliphatic carbocycles. The largest absolute Gasteiger partial charge is 0.497 e. The number of aliphatic carboxylic acids is 1. The van der Waals surface area contributed by atoms with Gasteiger partial charge in [0.15, 0.2) is 5.78 Å². The highest BCUT2D eigenvalue weighted by Gasteiger charge is 2.32. The van der Waals surface area contributed by atoms with Crippen molar-refractivity contribution in [1.82, 2.24) is 9.88 Å². The predicted molar refractivity (Wildman–Crippen MR) is 115 cm³/mol. The smallest absolute Gasteiger partial charge is 0.325 e. The van der Waals surface area contributed by atoms with Crippen LogP contribution in [0.3, 0.4) is 0 Å². The maximum absolute atomic E-state index is 12.2. The minimum Gasteiger partial charge on any atom is -0.497 e. The molecule has 0 saturated carbocycles. The molecule has 2 heterocycles. The molecule has 0 bridgehead atoms. The van der Waals surface area contributed by atoms with E-state index >= 15 is 0 Å². The van der Waals surface area contributed by atoms with E-state index < -0.39 is 12.0 Å². The summed E-state index contributed by atoms with van der Waals surface area (Å²) < 4.78 is 5.32. The number of carboxylic acids is 1. The molecule has 1 aliphatic rings. The average molecular weight is 407 g/mol. The molecular formula is C23H25N3O4. The number of carbonyl (C=O) groups is 2. The van der Waals surface area contributed by atoms with Crippen LogP contribution in [0.2, 0.25) is 0 Å². The fraction of sp³-hybridized carbons (Fsp3) is 0.304. The molecule has 7 heteroatoms. The number of Topliss-reactive ketones (excluding diaryl/α,β-unsaturated/α-hetero) is 1. The second-order valence-electron chi connectivity index (χ2n) is 7.52. The third-order valence-electron chi connectivity index (χ3n) is 5.77. The van der Waals surface area contributed by atoms with Crippen LogP contribution >= 0.6 is 0 Å². The molecule has 0 amide bonds. The summed E-state index contributed by atoms with van der Waals surface area (Å²) in [7, 11) is 1.60. The lowest BCUT2D eigenvalue weighted by Crippen LogP contribution is -2.49. The first-order valence-electron chi connectivity index (χ1n) is 9.96. The number of carboxylic acid groups (broad SMARTS) is 1. The number of ketones is 1. The Morgan fingerprint density at radius 3 is 2.37 bits per heavy atom. The zero-order valence-electron chi connectivity index (χ0n) is 17.1. The topological polar surface area (TPSA) is 85.9 Å². The predicted octanol–water partition coefficient (Wildman–Crippen LogP) is 3.33. The van der Waals surface area contributed by atoms with Crippen LogP contribution < -0.4 is 9.64 Å². The average Bonchev–Trinajstić information content (AvgIpc) is 3.17. The van der Waals surface area contributed by atoms with Crippen molar-refractivity contribution in [2.45, 2.75) is 13.0 Å². The minimum absolute atomic E-state index is 0.0472. The Bertz CT molecular complexity index is 1070. The van der Waals surface area contributed by atoms with Gasteiger partial charge < -0.3 is 19.7 Å². The zero-order valence-corrected chi connectivity index (χ0v) is 17.1. The highest BCUT2D eigenvalue weighted by Crippen LogP contribution is 2.32. The quantitative estimate of drug-likeness (QED) is 0.610. The summed E-state index contributed by atoms with van der Waals surface area (Å²) in [6, 6.07) is 12.5. The van der Waals surface area contributed by atoms with Gasteiger partial charge in [0.25, 0.3) is 0 Å². The summed E-state index contributed by atoms with van der Waals surface area (Å²) in [5.41, 5.74) is 3.37. The van der Waals surface area contributed by atoms with Gasteiger partial charge in [-0.2, -0.15) is 0 Å². The van der Waals surface area contributed by atoms with Crippen molar-refractivity contribution in [3.05, 3.63) is 59.8 Å². The van der Waals surface area contributed by atoms with Crippen molar-refractivity contribution in [3.63, 3.8) is 0 Å². The number of H-pyrrole nitrogens is 1. The van der Waals surface area contributed by atoms with Crippen molar-refractivity contribution in [3.8, 4) is 5.75 Å². The molecule has 3 aromatic rings. The number of hydrogen-bond donors (Lipinski definition) is 2. The number of aromatic nitrogens is 1. The van der Waals surface area contributed by atoms with E-state index in [1.807, 2.05) is 47.4 Å². The number of anilines is 1. The SMILES string of the molecule is COc1ccc2[nH]cc(C(C(=O)O)N3CCN(c4ccc(C(C)=O)cc4)CC3)c2c1. The molecule has 1 aliphatic heterocycles. The lowest BCUT2D eigenvalue weighted by Gasteiger charge is -2.38. The minimum atomic E-state index is -0.863. The van der Waals surface area contributed by atoms with Crippen molar-refractivity contribution in [1.29, 1.82) is 0 Å². The number of rotatable bonds is 6. The first-order valence-corrected chi connectivity index (χ1v) is 9.96. The number of nitrogens with one attached hydrogen (secondary N) is 1. The van der Waals surface area contributed by atoms with Crippen molar-refractivity contribution < 1.29 is 19.4 Å². The fourth-order valence-corrected chi connectivity index (χ4v) is 4.11. The van der Waals surface area contributed by atoms with Gasteiger partial charge in [0, 0.05) is 60.1 Å². The highest BCUT2D eigenvalue weighted by molar-refractivity contribution is 5.94. The number of piperazine rings is 1. The van der Waals surface area contributed by atoms with Crippen LogP contribution in [0, 0.1) is 0 Å². The van der Waals surface area contributed by atoms with E-state index in [4.69, 9.17) is 4.74 Å². The second-order valence-corrected chi connectivity index (χ2v) is 7.52. The number of carbonyl (C=O) groups excluding carboxylic acids is 1. The number of aromatic amines is 1. The lowest BCUT2D eigenvalue weighted by molar-refractivity contribution is -0.143. The summed E-state index contributed by atoms with van der Waals surface area (Å²) in [5, 5.41) is 10.9. The Balaban J connectivity index is 1.53. The molecule has 2 aromatic carbocycles. The second kappa shape index (κ2) is 8.20. The van der Waals surface area contributed by atoms with Gasteiger partial charge in [0.1, 0.15) is 11.8 Å². The summed E-state index contributed by atoms with van der Waals surface area (Å²) in [6.07, 6.45) is 1.79. The van der Waals surface area contributed by atoms with Gasteiger partial charge in [-0.3, -0.25) is 14.5 Å². The Kier molecular flexibility index (Phi) is 5.46. The van der Waals surface area contributed by atoms with E-state index in [-0.39, 0.29) is 5.78 Å². The van der Waals surface area contributed by atoms with Crippen molar-refractivity contribution in [2.24, 2.45) is 0 Å². The van der Waals surface area contributed by atoms with Crippen LogP contribution in [-0.4, -0.2) is 60.0 Å². The standard InChI is InChI=1S/C23H25N3O4/c1-15(27)16-3-5-17(6-4-16)25-9-11-26(12-10-25)22(23(28)29)20-14-24-21-8-7-18(30-2)13-19(20)21/h3-8,13-14,22,24H,9-12H2,1-2H3,(H,28,29). The van der Waals surface area contributed by atoms with Gasteiger partial charge in [-0.15, -0.1) is 0 Å². The number of ether oxygens (including phenoxy) is 1. The first-order chi connectivity index (χ1) is 14.5. The van der Waals surface area contributed by atoms with Crippen LogP contribution in [0.25, 0.3) is 10.9 Å². The molecule has 30 heavy (non-hydrogen) atoms. The number of nitrogens with zero attached hydrogens (tertiary/aromatic N) is 2. The molecule has 0 spiro atoms. The van der Waals surface area contributed by atoms with Crippen molar-refractivity contribution >= 4 is 28.3 Å². The third-order valence-corrected chi connectivity index (χ3v) is 5.77. The Morgan fingerprint density at radius 1 is 1.07 bits per heavy atom. The normalized spacial score (nSPS) is 15.9. The number of methoxy groups -OCH3 is 1. The molecule has 4 rings (SSSR count). The van der Waals surface area contributed by atoms with E-state index in [9.17, 15) is 14.7 Å². The molecule has 1 unspecified atom stereocenters. The van der Waals surface area contributed by atoms with E-state index in [1.54, 1.807) is 20.2 Å². The van der Waals surface area contributed by atoms with E-state index in [2.05, 4.69) is 9.88 Å². The van der Waals surface area contributed by atoms with Crippen LogP contribution in [0.1, 0.15) is 28.9 Å². The summed E-state index contributed by atoms with van der Waals surface area (Å²) in [4.78, 5) is 31.1. The van der Waals surface area contributed by atoms with Crippen LogP contribution in [-0.2, 0) is 4.79 Å². The first kappa shape index (κ1) is 20.0. The maximum atomic E-state index is 12.2. The molecule has 156 valence electrons. The molecule has 7 nitrogen and oxygen atoms in total. The van der Waals surface area contributed by atoms with E-state index in [0.717, 1.165) is 35.2 Å².